The van der Waals surface area contributed by atoms with Crippen molar-refractivity contribution in [3.63, 3.8) is 0 Å². The Morgan fingerprint density at radius 2 is 2.04 bits per heavy atom. The molecule has 0 radical (unpaired) electrons. The minimum atomic E-state index is -0.589. The Hall–Kier alpha value is -1.59. The lowest BCUT2D eigenvalue weighted by Gasteiger charge is -2.49. The van der Waals surface area contributed by atoms with Gasteiger partial charge < -0.3 is 10.8 Å². The molecule has 0 aromatic heterocycles. The normalized spacial score (nSPS) is 36.4. The summed E-state index contributed by atoms with van der Waals surface area (Å²) in [6, 6.07) is 10.6. The number of hydrogen-bond acceptors (Lipinski definition) is 3. The van der Waals surface area contributed by atoms with Gasteiger partial charge in [-0.2, -0.15) is 0 Å². The SMILES string of the molecule is C[C@]12CC[C@H](c3ccccc3)C[C@@]1(O)CC[C@@H]2CNNC(=N)N. The van der Waals surface area contributed by atoms with Crippen molar-refractivity contribution in [3.8, 4) is 0 Å². The maximum atomic E-state index is 11.4. The highest BCUT2D eigenvalue weighted by Crippen LogP contribution is 2.60. The largest absolute Gasteiger partial charge is 0.389 e. The van der Waals surface area contributed by atoms with Crippen LogP contribution in [0.4, 0.5) is 0 Å². The summed E-state index contributed by atoms with van der Waals surface area (Å²) in [5.74, 6) is 0.781. The average molecular weight is 316 g/mol. The zero-order valence-electron chi connectivity index (χ0n) is 13.8. The molecule has 0 saturated heterocycles. The van der Waals surface area contributed by atoms with Crippen LogP contribution in [0.1, 0.15) is 50.5 Å². The second-order valence-corrected chi connectivity index (χ2v) is 7.45. The van der Waals surface area contributed by atoms with Gasteiger partial charge in [0.25, 0.3) is 0 Å². The molecule has 2 saturated carbocycles. The van der Waals surface area contributed by atoms with Crippen molar-refractivity contribution in [2.75, 3.05) is 6.54 Å². The third-order valence-electron chi connectivity index (χ3n) is 6.31. The van der Waals surface area contributed by atoms with Gasteiger partial charge in [0.2, 0.25) is 0 Å². The van der Waals surface area contributed by atoms with Crippen molar-refractivity contribution >= 4 is 5.96 Å². The van der Waals surface area contributed by atoms with Crippen LogP contribution in [0, 0.1) is 16.7 Å². The molecule has 23 heavy (non-hydrogen) atoms. The van der Waals surface area contributed by atoms with Gasteiger partial charge in [-0.25, -0.2) is 5.43 Å². The average Bonchev–Trinajstić information content (AvgIpc) is 2.79. The van der Waals surface area contributed by atoms with Crippen LogP contribution in [0.15, 0.2) is 30.3 Å². The highest BCUT2D eigenvalue weighted by Gasteiger charge is 2.58. The Balaban J connectivity index is 1.70. The predicted molar refractivity (Wildman–Crippen MR) is 91.9 cm³/mol. The van der Waals surface area contributed by atoms with E-state index in [2.05, 4.69) is 42.0 Å². The number of rotatable bonds is 4. The van der Waals surface area contributed by atoms with E-state index < -0.39 is 5.60 Å². The van der Waals surface area contributed by atoms with Crippen molar-refractivity contribution in [2.24, 2.45) is 17.1 Å². The molecule has 2 aliphatic carbocycles. The number of aliphatic hydroxyl groups is 1. The van der Waals surface area contributed by atoms with Gasteiger partial charge in [0, 0.05) is 12.0 Å². The molecule has 0 aliphatic heterocycles. The van der Waals surface area contributed by atoms with Crippen LogP contribution in [-0.2, 0) is 0 Å². The van der Waals surface area contributed by atoms with Gasteiger partial charge in [0.15, 0.2) is 5.96 Å². The van der Waals surface area contributed by atoms with Crippen molar-refractivity contribution in [3.05, 3.63) is 35.9 Å². The van der Waals surface area contributed by atoms with E-state index in [4.69, 9.17) is 11.1 Å². The lowest BCUT2D eigenvalue weighted by atomic mass is 9.59. The molecular weight excluding hydrogens is 288 g/mol. The lowest BCUT2D eigenvalue weighted by molar-refractivity contribution is -0.104. The van der Waals surface area contributed by atoms with Crippen LogP contribution < -0.4 is 16.6 Å². The molecule has 2 aliphatic rings. The van der Waals surface area contributed by atoms with Gasteiger partial charge in [-0.05, 0) is 49.5 Å². The Morgan fingerprint density at radius 1 is 1.30 bits per heavy atom. The molecule has 5 nitrogen and oxygen atoms in total. The summed E-state index contributed by atoms with van der Waals surface area (Å²) < 4.78 is 0. The Kier molecular flexibility index (Phi) is 4.34. The van der Waals surface area contributed by atoms with Crippen LogP contribution in [0.5, 0.6) is 0 Å². The molecule has 126 valence electrons. The molecular formula is C18H28N4O. The summed E-state index contributed by atoms with van der Waals surface area (Å²) in [6.07, 6.45) is 4.89. The zero-order valence-corrected chi connectivity index (χ0v) is 13.8. The fraction of sp³-hybridized carbons (Fsp3) is 0.611. The summed E-state index contributed by atoms with van der Waals surface area (Å²) in [5, 5.41) is 18.6. The summed E-state index contributed by atoms with van der Waals surface area (Å²) >= 11 is 0. The fourth-order valence-electron chi connectivity index (χ4n) is 4.76. The predicted octanol–water partition coefficient (Wildman–Crippen LogP) is 2.09. The summed E-state index contributed by atoms with van der Waals surface area (Å²) in [4.78, 5) is 0. The van der Waals surface area contributed by atoms with Gasteiger partial charge >= 0.3 is 0 Å². The molecule has 4 atom stereocenters. The monoisotopic (exact) mass is 316 g/mol. The van der Waals surface area contributed by atoms with E-state index in [1.807, 2.05) is 6.07 Å². The first-order valence-electron chi connectivity index (χ1n) is 8.55. The van der Waals surface area contributed by atoms with Gasteiger partial charge in [0.05, 0.1) is 5.60 Å². The van der Waals surface area contributed by atoms with E-state index in [-0.39, 0.29) is 11.4 Å². The molecule has 0 unspecified atom stereocenters. The molecule has 0 amide bonds. The number of fused-ring (bicyclic) bond motifs is 1. The molecule has 0 spiro atoms. The molecule has 1 aromatic carbocycles. The first kappa shape index (κ1) is 16.3. The van der Waals surface area contributed by atoms with Crippen LogP contribution >= 0.6 is 0 Å². The third-order valence-corrected chi connectivity index (χ3v) is 6.31. The summed E-state index contributed by atoms with van der Waals surface area (Å²) in [6.45, 7) is 2.97. The third kappa shape index (κ3) is 2.95. The topological polar surface area (TPSA) is 94.2 Å². The standard InChI is InChI=1S/C18H28N4O/c1-17-9-7-14(13-5-3-2-4-6-13)11-18(17,23)10-8-15(17)12-21-22-16(19)20/h2-6,14-15,21,23H,7-12H2,1H3,(H4,19,20,22)/t14-,15+,17+,18-/m0/s1. The minimum Gasteiger partial charge on any atom is -0.389 e. The fourth-order valence-corrected chi connectivity index (χ4v) is 4.76. The van der Waals surface area contributed by atoms with E-state index in [1.54, 1.807) is 0 Å². The summed E-state index contributed by atoms with van der Waals surface area (Å²) in [5.41, 5.74) is 11.7. The Morgan fingerprint density at radius 3 is 2.74 bits per heavy atom. The highest BCUT2D eigenvalue weighted by atomic mass is 16.3. The molecule has 3 rings (SSSR count). The van der Waals surface area contributed by atoms with Crippen molar-refractivity contribution < 1.29 is 5.11 Å². The highest BCUT2D eigenvalue weighted by molar-refractivity contribution is 5.73. The number of nitrogens with two attached hydrogens (primary N) is 1. The maximum absolute atomic E-state index is 11.4. The maximum Gasteiger partial charge on any atom is 0.200 e. The van der Waals surface area contributed by atoms with E-state index in [9.17, 15) is 5.11 Å². The number of benzene rings is 1. The van der Waals surface area contributed by atoms with Crippen molar-refractivity contribution in [1.29, 1.82) is 5.41 Å². The summed E-state index contributed by atoms with van der Waals surface area (Å²) in [7, 11) is 0. The van der Waals surface area contributed by atoms with Gasteiger partial charge in [-0.1, -0.05) is 37.3 Å². The molecule has 0 bridgehead atoms. The lowest BCUT2D eigenvalue weighted by Crippen LogP contribution is -2.52. The van der Waals surface area contributed by atoms with Gasteiger partial charge in [0.1, 0.15) is 0 Å². The molecule has 0 heterocycles. The van der Waals surface area contributed by atoms with E-state index in [1.165, 1.54) is 5.56 Å². The van der Waals surface area contributed by atoms with E-state index >= 15 is 0 Å². The molecule has 5 heteroatoms. The van der Waals surface area contributed by atoms with Gasteiger partial charge in [-0.3, -0.25) is 10.8 Å². The molecule has 6 N–H and O–H groups in total. The second kappa shape index (κ2) is 6.13. The van der Waals surface area contributed by atoms with Crippen LogP contribution in [0.2, 0.25) is 0 Å². The van der Waals surface area contributed by atoms with Crippen LogP contribution in [0.25, 0.3) is 0 Å². The number of guanidine groups is 1. The zero-order chi connectivity index (χ0) is 16.5. The Labute approximate surface area is 138 Å². The first-order valence-corrected chi connectivity index (χ1v) is 8.55. The van der Waals surface area contributed by atoms with Gasteiger partial charge in [-0.15, -0.1) is 0 Å². The quantitative estimate of drug-likeness (QED) is 0.334. The second-order valence-electron chi connectivity index (χ2n) is 7.45. The van der Waals surface area contributed by atoms with Crippen molar-refractivity contribution in [2.45, 2.75) is 50.5 Å². The first-order chi connectivity index (χ1) is 10.9. The Bertz CT molecular complexity index is 563. The number of hydrazine groups is 1. The number of hydrogen-bond donors (Lipinski definition) is 5. The van der Waals surface area contributed by atoms with E-state index in [0.717, 1.165) is 38.6 Å². The molecule has 1 aromatic rings. The van der Waals surface area contributed by atoms with Crippen molar-refractivity contribution in [1.82, 2.24) is 10.9 Å². The van der Waals surface area contributed by atoms with E-state index in [0.29, 0.717) is 11.8 Å². The smallest absolute Gasteiger partial charge is 0.200 e. The number of nitrogens with one attached hydrogen (secondary N) is 3. The minimum absolute atomic E-state index is 0.0657. The van der Waals surface area contributed by atoms with Crippen LogP contribution in [-0.4, -0.2) is 23.2 Å². The van der Waals surface area contributed by atoms with Crippen LogP contribution in [0.3, 0.4) is 0 Å². The molecule has 2 fully saturated rings.